The van der Waals surface area contributed by atoms with Crippen molar-refractivity contribution in [1.29, 1.82) is 0 Å². The van der Waals surface area contributed by atoms with Crippen molar-refractivity contribution >= 4 is 21.6 Å². The smallest absolute Gasteiger partial charge is 0.243 e. The first kappa shape index (κ1) is 21.3. The molecule has 1 aliphatic rings. The van der Waals surface area contributed by atoms with E-state index in [1.807, 2.05) is 6.92 Å². The molecule has 0 radical (unpaired) electrons. The lowest BCUT2D eigenvalue weighted by molar-refractivity contribution is -0.123. The lowest BCUT2D eigenvalue weighted by Gasteiger charge is -2.33. The Bertz CT molecular complexity index is 989. The molecular weight excluding hydrogens is 405 g/mol. The van der Waals surface area contributed by atoms with Crippen LogP contribution >= 0.6 is 0 Å². The quantitative estimate of drug-likeness (QED) is 0.735. The normalized spacial score (nSPS) is 16.0. The molecule has 1 fully saturated rings. The highest BCUT2D eigenvalue weighted by Gasteiger charge is 2.34. The molecule has 0 atom stereocenters. The van der Waals surface area contributed by atoms with Crippen molar-refractivity contribution in [1.82, 2.24) is 4.31 Å². The van der Waals surface area contributed by atoms with Gasteiger partial charge in [0.1, 0.15) is 5.82 Å². The maximum absolute atomic E-state index is 13.4. The number of amides is 1. The zero-order chi connectivity index (χ0) is 21.2. The number of sulfonamides is 1. The number of hydrogen-bond acceptors (Lipinski definition) is 3. The largest absolute Gasteiger partial charge is 0.312 e. The Labute approximate surface area is 167 Å². The fourth-order valence-electron chi connectivity index (χ4n) is 3.44. The molecule has 0 unspecified atom stereocenters. The molecule has 0 aliphatic carbocycles. The van der Waals surface area contributed by atoms with Gasteiger partial charge in [-0.15, -0.1) is 0 Å². The molecule has 1 saturated heterocycles. The van der Waals surface area contributed by atoms with Gasteiger partial charge in [-0.3, -0.25) is 4.79 Å². The van der Waals surface area contributed by atoms with Gasteiger partial charge in [0.2, 0.25) is 15.9 Å². The van der Waals surface area contributed by atoms with Crippen molar-refractivity contribution in [2.24, 2.45) is 5.92 Å². The van der Waals surface area contributed by atoms with Crippen LogP contribution in [0, 0.1) is 23.4 Å². The molecule has 1 heterocycles. The second-order valence-corrected chi connectivity index (χ2v) is 8.75. The van der Waals surface area contributed by atoms with Gasteiger partial charge in [-0.25, -0.2) is 21.6 Å². The van der Waals surface area contributed by atoms with Crippen LogP contribution in [0.1, 0.15) is 19.8 Å². The Morgan fingerprint density at radius 3 is 2.21 bits per heavy atom. The van der Waals surface area contributed by atoms with E-state index in [2.05, 4.69) is 0 Å². The first-order valence-electron chi connectivity index (χ1n) is 9.26. The molecule has 2 aromatic carbocycles. The van der Waals surface area contributed by atoms with Crippen LogP contribution in [0.25, 0.3) is 0 Å². The summed E-state index contributed by atoms with van der Waals surface area (Å²) < 4.78 is 66.2. The monoisotopic (exact) mass is 426 g/mol. The van der Waals surface area contributed by atoms with Crippen molar-refractivity contribution < 1.29 is 26.4 Å². The molecule has 0 aromatic heterocycles. The van der Waals surface area contributed by atoms with Crippen molar-refractivity contribution in [3.63, 3.8) is 0 Å². The summed E-state index contributed by atoms with van der Waals surface area (Å²) >= 11 is 0. The first-order chi connectivity index (χ1) is 13.7. The summed E-state index contributed by atoms with van der Waals surface area (Å²) in [6.45, 7) is 2.40. The van der Waals surface area contributed by atoms with Gasteiger partial charge in [-0.05, 0) is 62.2 Å². The maximum atomic E-state index is 13.4. The lowest BCUT2D eigenvalue weighted by Crippen LogP contribution is -2.44. The highest BCUT2D eigenvalue weighted by Crippen LogP contribution is 2.27. The molecule has 0 bridgehead atoms. The predicted octanol–water partition coefficient (Wildman–Crippen LogP) is 3.56. The highest BCUT2D eigenvalue weighted by atomic mass is 32.2. The zero-order valence-corrected chi connectivity index (χ0v) is 16.6. The molecule has 5 nitrogen and oxygen atoms in total. The summed E-state index contributed by atoms with van der Waals surface area (Å²) in [6.07, 6.45) is 0.610. The standard InChI is InChI=1S/C20H21F3N2O3S/c1-2-25(16-5-3-15(21)4-6-16)20(26)14-9-11-24(12-10-14)29(27,28)17-7-8-18(22)19(23)13-17/h3-8,13-14H,2,9-12H2,1H3. The summed E-state index contributed by atoms with van der Waals surface area (Å²) in [4.78, 5) is 14.1. The van der Waals surface area contributed by atoms with Crippen LogP contribution in [-0.4, -0.2) is 38.3 Å². The summed E-state index contributed by atoms with van der Waals surface area (Å²) in [5, 5.41) is 0. The molecule has 29 heavy (non-hydrogen) atoms. The number of carbonyl (C=O) groups is 1. The van der Waals surface area contributed by atoms with Gasteiger partial charge >= 0.3 is 0 Å². The van der Waals surface area contributed by atoms with Gasteiger partial charge in [0, 0.05) is 31.2 Å². The number of hydrogen-bond donors (Lipinski definition) is 0. The van der Waals surface area contributed by atoms with Crippen LogP contribution in [-0.2, 0) is 14.8 Å². The first-order valence-corrected chi connectivity index (χ1v) is 10.7. The van der Waals surface area contributed by atoms with E-state index in [0.29, 0.717) is 31.1 Å². The van der Waals surface area contributed by atoms with Crippen LogP contribution in [0.2, 0.25) is 0 Å². The van der Waals surface area contributed by atoms with E-state index in [-0.39, 0.29) is 29.8 Å². The van der Waals surface area contributed by atoms with E-state index < -0.39 is 27.5 Å². The molecule has 0 N–H and O–H groups in total. The number of nitrogens with zero attached hydrogens (tertiary/aromatic N) is 2. The second kappa shape index (κ2) is 8.54. The van der Waals surface area contributed by atoms with Crippen LogP contribution < -0.4 is 4.90 Å². The second-order valence-electron chi connectivity index (χ2n) is 6.81. The predicted molar refractivity (Wildman–Crippen MR) is 102 cm³/mol. The molecule has 0 spiro atoms. The van der Waals surface area contributed by atoms with E-state index in [0.717, 1.165) is 12.1 Å². The van der Waals surface area contributed by atoms with E-state index in [1.165, 1.54) is 28.6 Å². The Kier molecular flexibility index (Phi) is 6.28. The summed E-state index contributed by atoms with van der Waals surface area (Å²) in [6, 6.07) is 8.08. The number of rotatable bonds is 5. The van der Waals surface area contributed by atoms with Crippen molar-refractivity contribution in [3.05, 3.63) is 59.9 Å². The zero-order valence-electron chi connectivity index (χ0n) is 15.8. The SMILES string of the molecule is CCN(C(=O)C1CCN(S(=O)(=O)c2ccc(F)c(F)c2)CC1)c1ccc(F)cc1. The van der Waals surface area contributed by atoms with Crippen molar-refractivity contribution in [2.45, 2.75) is 24.7 Å². The topological polar surface area (TPSA) is 57.7 Å². The summed E-state index contributed by atoms with van der Waals surface area (Å²) in [7, 11) is -3.97. The molecule has 1 amide bonds. The third-order valence-electron chi connectivity index (χ3n) is 5.05. The molecule has 0 saturated carbocycles. The average Bonchev–Trinajstić information content (AvgIpc) is 2.72. The third kappa shape index (κ3) is 4.45. The van der Waals surface area contributed by atoms with Crippen LogP contribution in [0.4, 0.5) is 18.9 Å². The lowest BCUT2D eigenvalue weighted by atomic mass is 9.96. The van der Waals surface area contributed by atoms with Gasteiger partial charge in [-0.1, -0.05) is 0 Å². The molecule has 156 valence electrons. The van der Waals surface area contributed by atoms with Gasteiger partial charge in [0.25, 0.3) is 0 Å². The molecule has 1 aliphatic heterocycles. The number of carbonyl (C=O) groups excluding carboxylic acids is 1. The van der Waals surface area contributed by atoms with E-state index in [9.17, 15) is 26.4 Å². The Hall–Kier alpha value is -2.39. The van der Waals surface area contributed by atoms with Gasteiger partial charge in [-0.2, -0.15) is 4.31 Å². The number of halogens is 3. The Morgan fingerprint density at radius 1 is 1.03 bits per heavy atom. The minimum absolute atomic E-state index is 0.0959. The molecular formula is C20H21F3N2O3S. The highest BCUT2D eigenvalue weighted by molar-refractivity contribution is 7.89. The van der Waals surface area contributed by atoms with Gasteiger partial charge in [0.15, 0.2) is 11.6 Å². The molecule has 2 aromatic rings. The number of anilines is 1. The minimum Gasteiger partial charge on any atom is -0.312 e. The fraction of sp³-hybridized carbons (Fsp3) is 0.350. The Balaban J connectivity index is 1.69. The summed E-state index contributed by atoms with van der Waals surface area (Å²) in [5.74, 6) is -3.27. The van der Waals surface area contributed by atoms with Crippen molar-refractivity contribution in [3.8, 4) is 0 Å². The number of piperidine rings is 1. The van der Waals surface area contributed by atoms with Crippen LogP contribution in [0.15, 0.2) is 47.4 Å². The van der Waals surface area contributed by atoms with Crippen LogP contribution in [0.5, 0.6) is 0 Å². The average molecular weight is 426 g/mol. The minimum atomic E-state index is -3.97. The fourth-order valence-corrected chi connectivity index (χ4v) is 4.92. The van der Waals surface area contributed by atoms with Gasteiger partial charge in [0.05, 0.1) is 4.90 Å². The summed E-state index contributed by atoms with van der Waals surface area (Å²) in [5.41, 5.74) is 0.579. The van der Waals surface area contributed by atoms with E-state index in [1.54, 1.807) is 4.90 Å². The molecule has 9 heteroatoms. The van der Waals surface area contributed by atoms with Crippen molar-refractivity contribution in [2.75, 3.05) is 24.5 Å². The number of benzene rings is 2. The van der Waals surface area contributed by atoms with Gasteiger partial charge < -0.3 is 4.90 Å². The van der Waals surface area contributed by atoms with E-state index in [4.69, 9.17) is 0 Å². The third-order valence-corrected chi connectivity index (χ3v) is 6.95. The molecule has 3 rings (SSSR count). The van der Waals surface area contributed by atoms with E-state index >= 15 is 0 Å². The Morgan fingerprint density at radius 2 is 1.66 bits per heavy atom. The van der Waals surface area contributed by atoms with Crippen LogP contribution in [0.3, 0.4) is 0 Å². The maximum Gasteiger partial charge on any atom is 0.243 e.